The van der Waals surface area contributed by atoms with E-state index in [-0.39, 0.29) is 18.2 Å². The molecule has 0 fully saturated rings. The topological polar surface area (TPSA) is 75.7 Å². The first-order valence-corrected chi connectivity index (χ1v) is 7.82. The minimum absolute atomic E-state index is 0. The Kier molecular flexibility index (Phi) is 5.71. The second-order valence-corrected chi connectivity index (χ2v) is 6.18. The van der Waals surface area contributed by atoms with Gasteiger partial charge in [0.05, 0.1) is 10.6 Å². The van der Waals surface area contributed by atoms with Crippen molar-refractivity contribution in [3.05, 3.63) is 69.9 Å². The fourth-order valence-corrected chi connectivity index (χ4v) is 3.17. The monoisotopic (exact) mass is 364 g/mol. The van der Waals surface area contributed by atoms with E-state index in [0.29, 0.717) is 16.3 Å². The zero-order valence-corrected chi connectivity index (χ0v) is 14.4. The molecule has 4 nitrogen and oxygen atoms in total. The third-order valence-electron chi connectivity index (χ3n) is 3.15. The lowest BCUT2D eigenvalue weighted by Crippen LogP contribution is -2.11. The van der Waals surface area contributed by atoms with E-state index in [1.54, 1.807) is 12.4 Å². The van der Waals surface area contributed by atoms with E-state index in [0.717, 1.165) is 21.8 Å². The number of hydrogen-bond donors (Lipinski definition) is 2. The zero-order valence-electron chi connectivity index (χ0n) is 12.0. The maximum Gasteiger partial charge on any atom is 0.135 e. The Hall–Kier alpha value is -1.95. The standard InChI is InChI=1S/C16H13ClN4S.ClH/c17-12-3-1-10(2-4-12)9-13-14(15(18)19)22-16(21-13)11-5-7-20-8-6-11;/h1-8H,9H2,(H3,18,19);1H. The molecule has 3 N–H and O–H groups in total. The Balaban J connectivity index is 0.00000192. The summed E-state index contributed by atoms with van der Waals surface area (Å²) in [6, 6.07) is 11.4. The lowest BCUT2D eigenvalue weighted by atomic mass is 10.1. The summed E-state index contributed by atoms with van der Waals surface area (Å²) in [5, 5.41) is 9.31. The summed E-state index contributed by atoms with van der Waals surface area (Å²) in [6.45, 7) is 0. The number of pyridine rings is 1. The Bertz CT molecular complexity index is 801. The van der Waals surface area contributed by atoms with Crippen LogP contribution in [0.2, 0.25) is 5.02 Å². The predicted molar refractivity (Wildman–Crippen MR) is 97.9 cm³/mol. The van der Waals surface area contributed by atoms with Gasteiger partial charge in [0.2, 0.25) is 0 Å². The molecule has 0 aliphatic carbocycles. The molecule has 0 amide bonds. The summed E-state index contributed by atoms with van der Waals surface area (Å²) >= 11 is 7.34. The van der Waals surface area contributed by atoms with Crippen molar-refractivity contribution < 1.29 is 0 Å². The number of amidine groups is 1. The minimum atomic E-state index is 0. The largest absolute Gasteiger partial charge is 0.383 e. The number of halogens is 2. The quantitative estimate of drug-likeness (QED) is 0.539. The minimum Gasteiger partial charge on any atom is -0.383 e. The molecule has 0 radical (unpaired) electrons. The van der Waals surface area contributed by atoms with E-state index in [2.05, 4.69) is 9.97 Å². The fraction of sp³-hybridized carbons (Fsp3) is 0.0625. The van der Waals surface area contributed by atoms with Gasteiger partial charge in [0.25, 0.3) is 0 Å². The van der Waals surface area contributed by atoms with Gasteiger partial charge in [0.15, 0.2) is 0 Å². The molecule has 0 aliphatic rings. The molecule has 0 atom stereocenters. The Morgan fingerprint density at radius 1 is 1.13 bits per heavy atom. The molecule has 0 unspecified atom stereocenters. The van der Waals surface area contributed by atoms with Crippen LogP contribution in [0.25, 0.3) is 10.6 Å². The highest BCUT2D eigenvalue weighted by atomic mass is 35.5. The van der Waals surface area contributed by atoms with Gasteiger partial charge in [0, 0.05) is 29.4 Å². The normalized spacial score (nSPS) is 10.1. The number of rotatable bonds is 4. The van der Waals surface area contributed by atoms with Gasteiger partial charge in [-0.05, 0) is 29.8 Å². The molecule has 23 heavy (non-hydrogen) atoms. The van der Waals surface area contributed by atoms with Crippen molar-refractivity contribution in [1.82, 2.24) is 9.97 Å². The molecule has 0 saturated heterocycles. The summed E-state index contributed by atoms with van der Waals surface area (Å²) in [7, 11) is 0. The first-order valence-electron chi connectivity index (χ1n) is 6.62. The van der Waals surface area contributed by atoms with Crippen molar-refractivity contribution in [1.29, 1.82) is 5.41 Å². The van der Waals surface area contributed by atoms with Crippen LogP contribution in [-0.4, -0.2) is 15.8 Å². The average molecular weight is 365 g/mol. The Morgan fingerprint density at radius 2 is 1.78 bits per heavy atom. The molecule has 2 heterocycles. The van der Waals surface area contributed by atoms with Crippen LogP contribution in [-0.2, 0) is 6.42 Å². The number of nitrogens with one attached hydrogen (secondary N) is 1. The van der Waals surface area contributed by atoms with Gasteiger partial charge in [0.1, 0.15) is 10.8 Å². The lowest BCUT2D eigenvalue weighted by molar-refractivity contribution is 1.10. The number of hydrogen-bond acceptors (Lipinski definition) is 4. The summed E-state index contributed by atoms with van der Waals surface area (Å²) in [6.07, 6.45) is 4.07. The molecule has 1 aromatic carbocycles. The smallest absolute Gasteiger partial charge is 0.135 e. The van der Waals surface area contributed by atoms with Crippen molar-refractivity contribution in [2.75, 3.05) is 0 Å². The van der Waals surface area contributed by atoms with Gasteiger partial charge >= 0.3 is 0 Å². The first kappa shape index (κ1) is 17.4. The molecule has 0 aliphatic heterocycles. The number of benzene rings is 1. The number of aromatic nitrogens is 2. The van der Waals surface area contributed by atoms with Crippen molar-refractivity contribution >= 4 is 41.2 Å². The summed E-state index contributed by atoms with van der Waals surface area (Å²) in [4.78, 5) is 9.37. The number of thiazole rings is 1. The van der Waals surface area contributed by atoms with Gasteiger partial charge < -0.3 is 5.73 Å². The Morgan fingerprint density at radius 3 is 2.39 bits per heavy atom. The summed E-state index contributed by atoms with van der Waals surface area (Å²) < 4.78 is 0. The molecule has 3 aromatic rings. The SMILES string of the molecule is Cl.N=C(N)c1sc(-c2ccncc2)nc1Cc1ccc(Cl)cc1. The molecule has 2 aromatic heterocycles. The maximum atomic E-state index is 7.77. The van der Waals surface area contributed by atoms with Crippen LogP contribution in [0.3, 0.4) is 0 Å². The van der Waals surface area contributed by atoms with E-state index in [4.69, 9.17) is 22.7 Å². The van der Waals surface area contributed by atoms with Crippen molar-refractivity contribution in [2.45, 2.75) is 6.42 Å². The highest BCUT2D eigenvalue weighted by molar-refractivity contribution is 7.17. The maximum absolute atomic E-state index is 7.77. The van der Waals surface area contributed by atoms with Crippen LogP contribution in [0, 0.1) is 5.41 Å². The molecular weight excluding hydrogens is 351 g/mol. The van der Waals surface area contributed by atoms with Crippen LogP contribution in [0.4, 0.5) is 0 Å². The highest BCUT2D eigenvalue weighted by Crippen LogP contribution is 2.29. The van der Waals surface area contributed by atoms with Gasteiger partial charge in [-0.1, -0.05) is 23.7 Å². The Labute approximate surface area is 149 Å². The van der Waals surface area contributed by atoms with E-state index in [1.165, 1.54) is 11.3 Å². The van der Waals surface area contributed by atoms with Crippen LogP contribution in [0.1, 0.15) is 16.1 Å². The first-order chi connectivity index (χ1) is 10.6. The van der Waals surface area contributed by atoms with Gasteiger partial charge in [-0.15, -0.1) is 23.7 Å². The molecule has 7 heteroatoms. The van der Waals surface area contributed by atoms with E-state index >= 15 is 0 Å². The van der Waals surface area contributed by atoms with Crippen molar-refractivity contribution in [3.8, 4) is 10.6 Å². The zero-order chi connectivity index (χ0) is 15.5. The van der Waals surface area contributed by atoms with Gasteiger partial charge in [-0.3, -0.25) is 10.4 Å². The second kappa shape index (κ2) is 7.55. The third-order valence-corrected chi connectivity index (χ3v) is 4.59. The van der Waals surface area contributed by atoms with Crippen LogP contribution >= 0.6 is 35.3 Å². The molecule has 0 spiro atoms. The number of nitrogens with zero attached hydrogens (tertiary/aromatic N) is 2. The van der Waals surface area contributed by atoms with E-state index < -0.39 is 0 Å². The molecular formula is C16H14Cl2N4S. The van der Waals surface area contributed by atoms with Gasteiger partial charge in [-0.2, -0.15) is 0 Å². The lowest BCUT2D eigenvalue weighted by Gasteiger charge is -2.01. The van der Waals surface area contributed by atoms with Crippen LogP contribution < -0.4 is 5.73 Å². The summed E-state index contributed by atoms with van der Waals surface area (Å²) in [5.74, 6) is 0.0433. The number of nitrogen functional groups attached to an aromatic ring is 1. The average Bonchev–Trinajstić information content (AvgIpc) is 2.95. The molecule has 3 rings (SSSR count). The van der Waals surface area contributed by atoms with Crippen LogP contribution in [0.5, 0.6) is 0 Å². The molecule has 0 bridgehead atoms. The van der Waals surface area contributed by atoms with Crippen LogP contribution in [0.15, 0.2) is 48.8 Å². The molecule has 0 saturated carbocycles. The summed E-state index contributed by atoms with van der Waals surface area (Å²) in [5.41, 5.74) is 8.57. The molecule has 118 valence electrons. The fourth-order valence-electron chi connectivity index (χ4n) is 2.10. The third kappa shape index (κ3) is 4.07. The van der Waals surface area contributed by atoms with E-state index in [9.17, 15) is 0 Å². The van der Waals surface area contributed by atoms with E-state index in [1.807, 2.05) is 36.4 Å². The number of nitrogens with two attached hydrogens (primary N) is 1. The van der Waals surface area contributed by atoms with Gasteiger partial charge in [-0.25, -0.2) is 4.98 Å². The second-order valence-electron chi connectivity index (χ2n) is 4.75. The van der Waals surface area contributed by atoms with Crippen molar-refractivity contribution in [2.24, 2.45) is 5.73 Å². The highest BCUT2D eigenvalue weighted by Gasteiger charge is 2.15. The predicted octanol–water partition coefficient (Wildman–Crippen LogP) is 4.16. The van der Waals surface area contributed by atoms with Crippen molar-refractivity contribution in [3.63, 3.8) is 0 Å².